The normalized spacial score (nSPS) is 11.3. The molecule has 29 heavy (non-hydrogen) atoms. The highest BCUT2D eigenvalue weighted by Crippen LogP contribution is 2.31. The van der Waals surface area contributed by atoms with E-state index in [2.05, 4.69) is 44.8 Å². The van der Waals surface area contributed by atoms with Gasteiger partial charge >= 0.3 is 0 Å². The molecular weight excluding hydrogens is 402 g/mol. The van der Waals surface area contributed by atoms with Gasteiger partial charge in [0.1, 0.15) is 10.9 Å². The van der Waals surface area contributed by atoms with Crippen LogP contribution in [0.25, 0.3) is 32.1 Å². The number of hydrogen-bond acceptors (Lipinski definition) is 4. The summed E-state index contributed by atoms with van der Waals surface area (Å²) in [5.41, 5.74) is 4.23. The van der Waals surface area contributed by atoms with Crippen LogP contribution in [0.1, 0.15) is 12.0 Å². The first-order valence-corrected chi connectivity index (χ1v) is 10.7. The van der Waals surface area contributed by atoms with Crippen LogP contribution in [0, 0.1) is 0 Å². The second-order valence-corrected chi connectivity index (χ2v) is 8.16. The summed E-state index contributed by atoms with van der Waals surface area (Å²) in [7, 11) is 0. The number of H-pyrrole nitrogens is 1. The quantitative estimate of drug-likeness (QED) is 0.252. The van der Waals surface area contributed by atoms with Crippen LogP contribution in [0.2, 0.25) is 5.15 Å². The highest BCUT2D eigenvalue weighted by atomic mass is 35.5. The zero-order valence-electron chi connectivity index (χ0n) is 15.6. The number of aromatic amines is 1. The average molecular weight is 420 g/mol. The Morgan fingerprint density at radius 2 is 2.00 bits per heavy atom. The first kappa shape index (κ1) is 18.2. The molecule has 0 aliphatic rings. The number of ether oxygens (including phenoxy) is 1. The lowest BCUT2D eigenvalue weighted by atomic mass is 10.1. The summed E-state index contributed by atoms with van der Waals surface area (Å²) in [6.07, 6.45) is 5.42. The predicted octanol–water partition coefficient (Wildman–Crippen LogP) is 6.50. The molecule has 0 unspecified atom stereocenters. The van der Waals surface area contributed by atoms with Gasteiger partial charge in [0, 0.05) is 15.6 Å². The van der Waals surface area contributed by atoms with Gasteiger partial charge < -0.3 is 4.74 Å². The molecule has 2 aromatic carbocycles. The van der Waals surface area contributed by atoms with Crippen LogP contribution in [0.5, 0.6) is 5.75 Å². The minimum absolute atomic E-state index is 0.463. The zero-order chi connectivity index (χ0) is 19.6. The lowest BCUT2D eigenvalue weighted by Crippen LogP contribution is -2.00. The lowest BCUT2D eigenvalue weighted by molar-refractivity contribution is 0.310. The van der Waals surface area contributed by atoms with Crippen molar-refractivity contribution in [2.24, 2.45) is 0 Å². The number of pyridine rings is 1. The van der Waals surface area contributed by atoms with Crippen molar-refractivity contribution in [2.75, 3.05) is 6.61 Å². The molecule has 0 aliphatic heterocycles. The Hall–Kier alpha value is -2.89. The highest BCUT2D eigenvalue weighted by Gasteiger charge is 2.09. The van der Waals surface area contributed by atoms with Crippen molar-refractivity contribution in [3.05, 3.63) is 77.0 Å². The highest BCUT2D eigenvalue weighted by molar-refractivity contribution is 7.17. The second kappa shape index (κ2) is 7.85. The van der Waals surface area contributed by atoms with Crippen LogP contribution in [0.3, 0.4) is 0 Å². The molecule has 144 valence electrons. The minimum Gasteiger partial charge on any atom is -0.492 e. The Balaban J connectivity index is 1.27. The maximum absolute atomic E-state index is 6.35. The van der Waals surface area contributed by atoms with Gasteiger partial charge in [-0.15, -0.1) is 11.3 Å². The van der Waals surface area contributed by atoms with Gasteiger partial charge in [-0.05, 0) is 59.0 Å². The number of aryl methyl sites for hydroxylation is 1. The van der Waals surface area contributed by atoms with Crippen molar-refractivity contribution in [1.82, 2.24) is 15.2 Å². The molecule has 0 saturated heterocycles. The van der Waals surface area contributed by atoms with Crippen LogP contribution in [0.15, 0.2) is 66.3 Å². The molecule has 0 saturated carbocycles. The molecule has 0 bridgehead atoms. The van der Waals surface area contributed by atoms with E-state index in [-0.39, 0.29) is 0 Å². The van der Waals surface area contributed by atoms with Crippen LogP contribution in [-0.4, -0.2) is 21.8 Å². The van der Waals surface area contributed by atoms with E-state index < -0.39 is 0 Å². The number of rotatable bonds is 6. The number of aromatic nitrogens is 3. The third kappa shape index (κ3) is 3.71. The minimum atomic E-state index is 0.463. The largest absolute Gasteiger partial charge is 0.492 e. The number of halogens is 1. The van der Waals surface area contributed by atoms with E-state index in [4.69, 9.17) is 16.3 Å². The number of benzene rings is 2. The molecule has 3 aromatic heterocycles. The predicted molar refractivity (Wildman–Crippen MR) is 120 cm³/mol. The van der Waals surface area contributed by atoms with Gasteiger partial charge in [0.25, 0.3) is 0 Å². The van der Waals surface area contributed by atoms with E-state index in [0.717, 1.165) is 40.6 Å². The molecule has 0 atom stereocenters. The maximum atomic E-state index is 6.35. The molecule has 0 fully saturated rings. The summed E-state index contributed by atoms with van der Waals surface area (Å²) in [4.78, 5) is 4.31. The Labute approximate surface area is 177 Å². The van der Waals surface area contributed by atoms with Crippen molar-refractivity contribution < 1.29 is 4.74 Å². The Morgan fingerprint density at radius 1 is 1.07 bits per heavy atom. The molecule has 0 spiro atoms. The topological polar surface area (TPSA) is 50.8 Å². The molecule has 5 aromatic rings. The molecule has 0 radical (unpaired) electrons. The zero-order valence-corrected chi connectivity index (χ0v) is 17.1. The summed E-state index contributed by atoms with van der Waals surface area (Å²) in [6.45, 7) is 0.633. The molecule has 4 nitrogen and oxygen atoms in total. The third-order valence-corrected chi connectivity index (χ3v) is 6.30. The molecule has 0 aliphatic carbocycles. The summed E-state index contributed by atoms with van der Waals surface area (Å²) >= 11 is 8.15. The fourth-order valence-electron chi connectivity index (χ4n) is 3.50. The van der Waals surface area contributed by atoms with Crippen molar-refractivity contribution in [3.63, 3.8) is 0 Å². The van der Waals surface area contributed by atoms with E-state index in [1.165, 1.54) is 15.6 Å². The Bertz CT molecular complexity index is 1290. The van der Waals surface area contributed by atoms with Crippen molar-refractivity contribution in [2.45, 2.75) is 12.8 Å². The fourth-order valence-corrected chi connectivity index (χ4v) is 4.71. The monoisotopic (exact) mass is 419 g/mol. The van der Waals surface area contributed by atoms with Gasteiger partial charge in [-0.1, -0.05) is 35.9 Å². The van der Waals surface area contributed by atoms with Crippen molar-refractivity contribution >= 4 is 43.9 Å². The summed E-state index contributed by atoms with van der Waals surface area (Å²) in [6, 6.07) is 16.5. The smallest absolute Gasteiger partial charge is 0.138 e. The van der Waals surface area contributed by atoms with Gasteiger partial charge in [-0.25, -0.2) is 4.98 Å². The molecule has 5 rings (SSSR count). The summed E-state index contributed by atoms with van der Waals surface area (Å²) in [5.74, 6) is 0.729. The van der Waals surface area contributed by atoms with Gasteiger partial charge in [0.2, 0.25) is 0 Å². The van der Waals surface area contributed by atoms with Crippen LogP contribution >= 0.6 is 22.9 Å². The summed E-state index contributed by atoms with van der Waals surface area (Å²) in [5, 5.41) is 12.1. The van der Waals surface area contributed by atoms with E-state index in [1.807, 2.05) is 24.3 Å². The van der Waals surface area contributed by atoms with Gasteiger partial charge in [-0.3, -0.25) is 5.10 Å². The SMILES string of the molecule is Clc1ncc(OCCCc2csc3ccccc23)cc1-c1ccc2[nH]ncc2c1. The van der Waals surface area contributed by atoms with Crippen LogP contribution in [0.4, 0.5) is 0 Å². The molecular formula is C23H18ClN3OS. The van der Waals surface area contributed by atoms with E-state index >= 15 is 0 Å². The van der Waals surface area contributed by atoms with E-state index in [1.54, 1.807) is 23.7 Å². The fraction of sp³-hybridized carbons (Fsp3) is 0.130. The average Bonchev–Trinajstić information content (AvgIpc) is 3.38. The third-order valence-electron chi connectivity index (χ3n) is 4.99. The van der Waals surface area contributed by atoms with Gasteiger partial charge in [0.15, 0.2) is 0 Å². The van der Waals surface area contributed by atoms with Gasteiger partial charge in [0.05, 0.1) is 24.5 Å². The number of fused-ring (bicyclic) bond motifs is 2. The molecule has 6 heteroatoms. The Morgan fingerprint density at radius 3 is 2.97 bits per heavy atom. The van der Waals surface area contributed by atoms with Crippen molar-refractivity contribution in [1.29, 1.82) is 0 Å². The van der Waals surface area contributed by atoms with E-state index in [9.17, 15) is 0 Å². The first-order chi connectivity index (χ1) is 14.3. The molecule has 1 N–H and O–H groups in total. The first-order valence-electron chi connectivity index (χ1n) is 9.45. The number of thiophene rings is 1. The number of nitrogens with zero attached hydrogens (tertiary/aromatic N) is 2. The van der Waals surface area contributed by atoms with Gasteiger partial charge in [-0.2, -0.15) is 5.10 Å². The number of nitrogens with one attached hydrogen (secondary N) is 1. The lowest BCUT2D eigenvalue weighted by Gasteiger charge is -2.09. The van der Waals surface area contributed by atoms with Crippen molar-refractivity contribution in [3.8, 4) is 16.9 Å². The second-order valence-electron chi connectivity index (χ2n) is 6.89. The Kier molecular flexibility index (Phi) is 4.92. The molecule has 0 amide bonds. The van der Waals surface area contributed by atoms with Crippen LogP contribution in [-0.2, 0) is 6.42 Å². The van der Waals surface area contributed by atoms with Crippen LogP contribution < -0.4 is 4.74 Å². The maximum Gasteiger partial charge on any atom is 0.138 e. The number of hydrogen-bond donors (Lipinski definition) is 1. The molecule has 3 heterocycles. The summed E-state index contributed by atoms with van der Waals surface area (Å²) < 4.78 is 7.31. The standard InChI is InChI=1S/C23H18ClN3OS/c24-23-20(15-7-8-21-17(10-15)12-26-27-21)11-18(13-25-23)28-9-3-4-16-14-29-22-6-2-1-5-19(16)22/h1-2,5-8,10-14H,3-4,9H2,(H,26,27). The van der Waals surface area contributed by atoms with E-state index in [0.29, 0.717) is 11.8 Å².